The van der Waals surface area contributed by atoms with Crippen molar-refractivity contribution >= 4 is 5.91 Å². The molecule has 1 N–H and O–H groups in total. The van der Waals surface area contributed by atoms with Gasteiger partial charge in [-0.25, -0.2) is 0 Å². The highest BCUT2D eigenvalue weighted by Crippen LogP contribution is 2.28. The number of hydrogen-bond donors (Lipinski definition) is 1. The molecule has 3 aliphatic rings. The molecule has 3 aliphatic heterocycles. The molecule has 3 saturated heterocycles. The second kappa shape index (κ2) is 4.94. The third kappa shape index (κ3) is 2.47. The number of carbonyl (C=O) groups is 1. The molecular formula is C13H22N2O2. The predicted molar refractivity (Wildman–Crippen MR) is 64.7 cm³/mol. The smallest absolute Gasteiger partial charge is 0.220 e. The van der Waals surface area contributed by atoms with Crippen LogP contribution in [0.1, 0.15) is 32.1 Å². The van der Waals surface area contributed by atoms with Crippen molar-refractivity contribution in [2.24, 2.45) is 5.92 Å². The minimum Gasteiger partial charge on any atom is -0.381 e. The summed E-state index contributed by atoms with van der Waals surface area (Å²) >= 11 is 0. The molecule has 3 heterocycles. The van der Waals surface area contributed by atoms with Gasteiger partial charge in [0.15, 0.2) is 0 Å². The van der Waals surface area contributed by atoms with Gasteiger partial charge in [-0.1, -0.05) is 0 Å². The van der Waals surface area contributed by atoms with Gasteiger partial charge in [-0.15, -0.1) is 0 Å². The lowest BCUT2D eigenvalue weighted by molar-refractivity contribution is -0.124. The Balaban J connectivity index is 1.55. The van der Waals surface area contributed by atoms with Crippen molar-refractivity contribution in [3.8, 4) is 0 Å². The van der Waals surface area contributed by atoms with Crippen LogP contribution in [0.15, 0.2) is 0 Å². The number of fused-ring (bicyclic) bond motifs is 1. The third-order valence-corrected chi connectivity index (χ3v) is 4.51. The Bertz CT molecular complexity index is 289. The third-order valence-electron chi connectivity index (χ3n) is 4.51. The van der Waals surface area contributed by atoms with Crippen molar-refractivity contribution in [3.05, 3.63) is 0 Å². The molecule has 1 amide bonds. The molecule has 0 radical (unpaired) electrons. The maximum absolute atomic E-state index is 11.4. The summed E-state index contributed by atoms with van der Waals surface area (Å²) in [5, 5.41) is 3.14. The van der Waals surface area contributed by atoms with Crippen LogP contribution in [0.3, 0.4) is 0 Å². The number of nitrogens with one attached hydrogen (secondary N) is 1. The first kappa shape index (κ1) is 11.5. The van der Waals surface area contributed by atoms with E-state index in [2.05, 4.69) is 10.2 Å². The minimum absolute atomic E-state index is 0.249. The normalized spacial score (nSPS) is 35.6. The van der Waals surface area contributed by atoms with E-state index >= 15 is 0 Å². The molecule has 4 heteroatoms. The molecule has 0 bridgehead atoms. The maximum atomic E-state index is 11.4. The summed E-state index contributed by atoms with van der Waals surface area (Å²) in [6, 6.07) is 1.03. The molecule has 3 rings (SSSR count). The molecular weight excluding hydrogens is 216 g/mol. The standard InChI is InChI=1S/C13H22N2O2/c16-13-2-1-12-11(14-13)3-6-15(12)9-10-4-7-17-8-5-10/h10-12H,1-9H2,(H,14,16)/t11-,12+/m1/s1. The van der Waals surface area contributed by atoms with Crippen molar-refractivity contribution in [2.45, 2.75) is 44.2 Å². The van der Waals surface area contributed by atoms with E-state index in [1.54, 1.807) is 0 Å². The van der Waals surface area contributed by atoms with Crippen LogP contribution in [0.25, 0.3) is 0 Å². The Morgan fingerprint density at radius 1 is 1.24 bits per heavy atom. The van der Waals surface area contributed by atoms with Gasteiger partial charge in [0.1, 0.15) is 0 Å². The number of nitrogens with zero attached hydrogens (tertiary/aromatic N) is 1. The van der Waals surface area contributed by atoms with Gasteiger partial charge in [0, 0.05) is 44.8 Å². The summed E-state index contributed by atoms with van der Waals surface area (Å²) in [5.41, 5.74) is 0. The largest absolute Gasteiger partial charge is 0.381 e. The van der Waals surface area contributed by atoms with Gasteiger partial charge in [-0.3, -0.25) is 9.69 Å². The lowest BCUT2D eigenvalue weighted by Crippen LogP contribution is -2.50. The van der Waals surface area contributed by atoms with Gasteiger partial charge in [-0.05, 0) is 31.6 Å². The van der Waals surface area contributed by atoms with Gasteiger partial charge in [0.25, 0.3) is 0 Å². The minimum atomic E-state index is 0.249. The average Bonchev–Trinajstić information content (AvgIpc) is 2.73. The Hall–Kier alpha value is -0.610. The van der Waals surface area contributed by atoms with Gasteiger partial charge in [-0.2, -0.15) is 0 Å². The Labute approximate surface area is 103 Å². The van der Waals surface area contributed by atoms with Crippen molar-refractivity contribution < 1.29 is 9.53 Å². The van der Waals surface area contributed by atoms with Crippen LogP contribution in [0.5, 0.6) is 0 Å². The van der Waals surface area contributed by atoms with E-state index in [1.165, 1.54) is 19.4 Å². The number of ether oxygens (including phenoxy) is 1. The molecule has 0 aromatic rings. The fraction of sp³-hybridized carbons (Fsp3) is 0.923. The van der Waals surface area contributed by atoms with Gasteiger partial charge in [0.05, 0.1) is 0 Å². The fourth-order valence-electron chi connectivity index (χ4n) is 3.51. The number of amides is 1. The molecule has 0 spiro atoms. The van der Waals surface area contributed by atoms with E-state index in [0.717, 1.165) is 38.5 Å². The molecule has 4 nitrogen and oxygen atoms in total. The monoisotopic (exact) mass is 238 g/mol. The first-order valence-corrected chi connectivity index (χ1v) is 6.94. The van der Waals surface area contributed by atoms with Gasteiger partial charge >= 0.3 is 0 Å². The number of hydrogen-bond acceptors (Lipinski definition) is 3. The highest BCUT2D eigenvalue weighted by atomic mass is 16.5. The van der Waals surface area contributed by atoms with Crippen LogP contribution >= 0.6 is 0 Å². The van der Waals surface area contributed by atoms with Crippen LogP contribution < -0.4 is 5.32 Å². The lowest BCUT2D eigenvalue weighted by atomic mass is 9.96. The topological polar surface area (TPSA) is 41.6 Å². The summed E-state index contributed by atoms with van der Waals surface area (Å²) in [6.07, 6.45) is 5.32. The first-order valence-electron chi connectivity index (χ1n) is 6.94. The fourth-order valence-corrected chi connectivity index (χ4v) is 3.51. The molecule has 3 fully saturated rings. The zero-order valence-electron chi connectivity index (χ0n) is 10.4. The van der Waals surface area contributed by atoms with Crippen molar-refractivity contribution in [2.75, 3.05) is 26.3 Å². The van der Waals surface area contributed by atoms with Crippen molar-refractivity contribution in [1.29, 1.82) is 0 Å². The number of likely N-dealkylation sites (tertiary alicyclic amines) is 1. The summed E-state index contributed by atoms with van der Waals surface area (Å²) in [5.74, 6) is 1.05. The van der Waals surface area contributed by atoms with E-state index in [0.29, 0.717) is 18.5 Å². The molecule has 17 heavy (non-hydrogen) atoms. The van der Waals surface area contributed by atoms with Crippen LogP contribution in [-0.2, 0) is 9.53 Å². The van der Waals surface area contributed by atoms with Gasteiger partial charge < -0.3 is 10.1 Å². The predicted octanol–water partition coefficient (Wildman–Crippen LogP) is 0.766. The SMILES string of the molecule is O=C1CC[C@H]2[C@@H](CCN2CC2CCOCC2)N1. The Morgan fingerprint density at radius 2 is 2.06 bits per heavy atom. The van der Waals surface area contributed by atoms with Crippen molar-refractivity contribution in [1.82, 2.24) is 10.2 Å². The zero-order chi connectivity index (χ0) is 11.7. The first-order chi connectivity index (χ1) is 8.33. The highest BCUT2D eigenvalue weighted by Gasteiger charge is 2.38. The van der Waals surface area contributed by atoms with Crippen LogP contribution in [-0.4, -0.2) is 49.2 Å². The van der Waals surface area contributed by atoms with Crippen LogP contribution in [0, 0.1) is 5.92 Å². The van der Waals surface area contributed by atoms with Crippen LogP contribution in [0.4, 0.5) is 0 Å². The molecule has 0 saturated carbocycles. The summed E-state index contributed by atoms with van der Waals surface area (Å²) < 4.78 is 5.41. The molecule has 96 valence electrons. The van der Waals surface area contributed by atoms with Crippen LogP contribution in [0.2, 0.25) is 0 Å². The highest BCUT2D eigenvalue weighted by molar-refractivity contribution is 5.77. The van der Waals surface area contributed by atoms with E-state index in [1.807, 2.05) is 0 Å². The average molecular weight is 238 g/mol. The zero-order valence-corrected chi connectivity index (χ0v) is 10.4. The molecule has 0 aromatic heterocycles. The maximum Gasteiger partial charge on any atom is 0.220 e. The van der Waals surface area contributed by atoms with E-state index < -0.39 is 0 Å². The quantitative estimate of drug-likeness (QED) is 0.772. The summed E-state index contributed by atoms with van der Waals surface area (Å²) in [6.45, 7) is 4.24. The molecule has 0 aliphatic carbocycles. The molecule has 0 unspecified atom stereocenters. The summed E-state index contributed by atoms with van der Waals surface area (Å²) in [4.78, 5) is 14.0. The molecule has 0 aromatic carbocycles. The number of carbonyl (C=O) groups excluding carboxylic acids is 1. The van der Waals surface area contributed by atoms with Crippen molar-refractivity contribution in [3.63, 3.8) is 0 Å². The van der Waals surface area contributed by atoms with E-state index in [9.17, 15) is 4.79 Å². The second-order valence-corrected chi connectivity index (χ2v) is 5.62. The van der Waals surface area contributed by atoms with Gasteiger partial charge in [0.2, 0.25) is 5.91 Å². The Kier molecular flexibility index (Phi) is 3.34. The van der Waals surface area contributed by atoms with E-state index in [4.69, 9.17) is 4.74 Å². The summed E-state index contributed by atoms with van der Waals surface area (Å²) in [7, 11) is 0. The molecule has 2 atom stereocenters. The second-order valence-electron chi connectivity index (χ2n) is 5.62. The number of piperidine rings is 1. The Morgan fingerprint density at radius 3 is 2.88 bits per heavy atom. The lowest BCUT2D eigenvalue weighted by Gasteiger charge is -2.35. The van der Waals surface area contributed by atoms with E-state index in [-0.39, 0.29) is 5.91 Å². The number of rotatable bonds is 2.